The summed E-state index contributed by atoms with van der Waals surface area (Å²) in [5, 5.41) is 0. The van der Waals surface area contributed by atoms with E-state index in [9.17, 15) is 0 Å². The SMILES string of the molecule is CCCc1c(N)ncnc1-c1cncc(C)c1. The third-order valence-corrected chi connectivity index (χ3v) is 2.63. The Balaban J connectivity index is 2.54. The molecule has 0 aliphatic heterocycles. The van der Waals surface area contributed by atoms with Crippen molar-refractivity contribution in [3.8, 4) is 11.3 Å². The first-order valence-electron chi connectivity index (χ1n) is 5.73. The van der Waals surface area contributed by atoms with E-state index < -0.39 is 0 Å². The molecule has 2 heterocycles. The highest BCUT2D eigenvalue weighted by Gasteiger charge is 2.10. The molecule has 4 nitrogen and oxygen atoms in total. The van der Waals surface area contributed by atoms with Gasteiger partial charge in [0.2, 0.25) is 0 Å². The van der Waals surface area contributed by atoms with Gasteiger partial charge in [-0.2, -0.15) is 0 Å². The minimum absolute atomic E-state index is 0.568. The molecular weight excluding hydrogens is 212 g/mol. The molecule has 0 fully saturated rings. The predicted molar refractivity (Wildman–Crippen MR) is 68.4 cm³/mol. The lowest BCUT2D eigenvalue weighted by Crippen LogP contribution is -2.02. The van der Waals surface area contributed by atoms with Gasteiger partial charge in [0.05, 0.1) is 5.69 Å². The van der Waals surface area contributed by atoms with Crippen molar-refractivity contribution in [1.29, 1.82) is 0 Å². The van der Waals surface area contributed by atoms with E-state index in [1.165, 1.54) is 6.33 Å². The fourth-order valence-corrected chi connectivity index (χ4v) is 1.86. The first kappa shape index (κ1) is 11.5. The summed E-state index contributed by atoms with van der Waals surface area (Å²) in [6.07, 6.45) is 7.05. The van der Waals surface area contributed by atoms with Crippen LogP contribution in [0.15, 0.2) is 24.8 Å². The van der Waals surface area contributed by atoms with E-state index in [-0.39, 0.29) is 0 Å². The molecule has 2 rings (SSSR count). The third kappa shape index (κ3) is 2.41. The summed E-state index contributed by atoms with van der Waals surface area (Å²) in [5.41, 5.74) is 9.94. The molecule has 17 heavy (non-hydrogen) atoms. The van der Waals surface area contributed by atoms with Crippen LogP contribution in [0.2, 0.25) is 0 Å². The second-order valence-electron chi connectivity index (χ2n) is 4.09. The second kappa shape index (κ2) is 4.91. The van der Waals surface area contributed by atoms with Gasteiger partial charge in [0, 0.05) is 23.5 Å². The molecular formula is C13H16N4. The molecule has 0 aromatic carbocycles. The summed E-state index contributed by atoms with van der Waals surface area (Å²) in [7, 11) is 0. The van der Waals surface area contributed by atoms with Gasteiger partial charge in [-0.15, -0.1) is 0 Å². The van der Waals surface area contributed by atoms with Crippen LogP contribution in [0.4, 0.5) is 5.82 Å². The molecule has 0 spiro atoms. The molecule has 0 atom stereocenters. The molecule has 0 saturated carbocycles. The molecule has 0 bridgehead atoms. The zero-order chi connectivity index (χ0) is 12.3. The van der Waals surface area contributed by atoms with Gasteiger partial charge in [-0.3, -0.25) is 4.98 Å². The highest BCUT2D eigenvalue weighted by atomic mass is 14.9. The highest BCUT2D eigenvalue weighted by Crippen LogP contribution is 2.25. The lowest BCUT2D eigenvalue weighted by Gasteiger charge is -2.09. The first-order chi connectivity index (χ1) is 8.22. The summed E-state index contributed by atoms with van der Waals surface area (Å²) in [6, 6.07) is 2.06. The van der Waals surface area contributed by atoms with Crippen LogP contribution in [0, 0.1) is 6.92 Å². The molecule has 2 N–H and O–H groups in total. The van der Waals surface area contributed by atoms with Crippen molar-refractivity contribution in [3.05, 3.63) is 35.9 Å². The van der Waals surface area contributed by atoms with Gasteiger partial charge in [-0.25, -0.2) is 9.97 Å². The maximum Gasteiger partial charge on any atom is 0.130 e. The predicted octanol–water partition coefficient (Wildman–Crippen LogP) is 2.38. The van der Waals surface area contributed by atoms with E-state index >= 15 is 0 Å². The number of anilines is 1. The number of pyridine rings is 1. The lowest BCUT2D eigenvalue weighted by molar-refractivity contribution is 0.908. The van der Waals surface area contributed by atoms with E-state index in [2.05, 4.69) is 27.9 Å². The van der Waals surface area contributed by atoms with Gasteiger partial charge < -0.3 is 5.73 Å². The minimum Gasteiger partial charge on any atom is -0.383 e. The van der Waals surface area contributed by atoms with E-state index in [1.54, 1.807) is 0 Å². The number of nitrogens with two attached hydrogens (primary N) is 1. The van der Waals surface area contributed by atoms with Crippen molar-refractivity contribution in [2.75, 3.05) is 5.73 Å². The standard InChI is InChI=1S/C13H16N4/c1-3-4-11-12(16-8-17-13(11)14)10-5-9(2)6-15-7-10/h5-8H,3-4H2,1-2H3,(H2,14,16,17). The Morgan fingerprint density at radius 3 is 2.76 bits per heavy atom. The lowest BCUT2D eigenvalue weighted by atomic mass is 10.0. The Hall–Kier alpha value is -1.97. The molecule has 0 unspecified atom stereocenters. The van der Waals surface area contributed by atoms with Crippen LogP contribution in [0.5, 0.6) is 0 Å². The van der Waals surface area contributed by atoms with E-state index in [0.29, 0.717) is 5.82 Å². The number of aryl methyl sites for hydroxylation is 1. The Morgan fingerprint density at radius 2 is 2.06 bits per heavy atom. The van der Waals surface area contributed by atoms with Crippen LogP contribution < -0.4 is 5.73 Å². The highest BCUT2D eigenvalue weighted by molar-refractivity contribution is 5.67. The van der Waals surface area contributed by atoms with Gasteiger partial charge in [0.25, 0.3) is 0 Å². The van der Waals surface area contributed by atoms with Gasteiger partial charge in [0.15, 0.2) is 0 Å². The van der Waals surface area contributed by atoms with Gasteiger partial charge in [0.1, 0.15) is 12.1 Å². The van der Waals surface area contributed by atoms with Crippen LogP contribution in [0.1, 0.15) is 24.5 Å². The number of hydrogen-bond donors (Lipinski definition) is 1. The van der Waals surface area contributed by atoms with E-state index in [1.807, 2.05) is 19.3 Å². The van der Waals surface area contributed by atoms with Crippen molar-refractivity contribution in [3.63, 3.8) is 0 Å². The Labute approximate surface area is 101 Å². The van der Waals surface area contributed by atoms with E-state index in [0.717, 1.165) is 35.2 Å². The van der Waals surface area contributed by atoms with Crippen LogP contribution in [-0.4, -0.2) is 15.0 Å². The molecule has 0 amide bonds. The number of hydrogen-bond acceptors (Lipinski definition) is 4. The van der Waals surface area contributed by atoms with Crippen molar-refractivity contribution in [2.24, 2.45) is 0 Å². The average Bonchev–Trinajstić information content (AvgIpc) is 2.32. The molecule has 0 aliphatic carbocycles. The molecule has 0 saturated heterocycles. The number of aromatic nitrogens is 3. The number of nitrogens with zero attached hydrogens (tertiary/aromatic N) is 3. The van der Waals surface area contributed by atoms with Gasteiger partial charge in [-0.1, -0.05) is 13.3 Å². The topological polar surface area (TPSA) is 64.7 Å². The third-order valence-electron chi connectivity index (χ3n) is 2.63. The van der Waals surface area contributed by atoms with Crippen molar-refractivity contribution < 1.29 is 0 Å². The van der Waals surface area contributed by atoms with Crippen LogP contribution >= 0.6 is 0 Å². The van der Waals surface area contributed by atoms with Crippen LogP contribution in [0.3, 0.4) is 0 Å². The van der Waals surface area contributed by atoms with Crippen LogP contribution in [-0.2, 0) is 6.42 Å². The smallest absolute Gasteiger partial charge is 0.130 e. The van der Waals surface area contributed by atoms with Crippen molar-refractivity contribution in [1.82, 2.24) is 15.0 Å². The monoisotopic (exact) mass is 228 g/mol. The summed E-state index contributed by atoms with van der Waals surface area (Å²) in [5.74, 6) is 0.568. The minimum atomic E-state index is 0.568. The number of rotatable bonds is 3. The molecule has 0 aliphatic rings. The first-order valence-corrected chi connectivity index (χ1v) is 5.73. The average molecular weight is 228 g/mol. The summed E-state index contributed by atoms with van der Waals surface area (Å²) in [4.78, 5) is 12.6. The van der Waals surface area contributed by atoms with E-state index in [4.69, 9.17) is 5.73 Å². The van der Waals surface area contributed by atoms with Gasteiger partial charge >= 0.3 is 0 Å². The fourth-order valence-electron chi connectivity index (χ4n) is 1.86. The summed E-state index contributed by atoms with van der Waals surface area (Å²) < 4.78 is 0. The van der Waals surface area contributed by atoms with Gasteiger partial charge in [-0.05, 0) is 25.0 Å². The fraction of sp³-hybridized carbons (Fsp3) is 0.308. The Bertz CT molecular complexity index is 523. The second-order valence-corrected chi connectivity index (χ2v) is 4.09. The maximum absolute atomic E-state index is 5.91. The molecule has 2 aromatic heterocycles. The molecule has 0 radical (unpaired) electrons. The zero-order valence-electron chi connectivity index (χ0n) is 10.1. The largest absolute Gasteiger partial charge is 0.383 e. The Morgan fingerprint density at radius 1 is 1.24 bits per heavy atom. The number of nitrogen functional groups attached to an aromatic ring is 1. The normalized spacial score (nSPS) is 10.5. The molecule has 88 valence electrons. The van der Waals surface area contributed by atoms with Crippen molar-refractivity contribution in [2.45, 2.75) is 26.7 Å². The summed E-state index contributed by atoms with van der Waals surface area (Å²) in [6.45, 7) is 4.13. The molecule has 4 heteroatoms. The Kier molecular flexibility index (Phi) is 3.32. The molecule has 2 aromatic rings. The zero-order valence-corrected chi connectivity index (χ0v) is 10.1. The summed E-state index contributed by atoms with van der Waals surface area (Å²) >= 11 is 0. The maximum atomic E-state index is 5.91. The van der Waals surface area contributed by atoms with Crippen LogP contribution in [0.25, 0.3) is 11.3 Å². The van der Waals surface area contributed by atoms with Crippen molar-refractivity contribution >= 4 is 5.82 Å². The quantitative estimate of drug-likeness (QED) is 0.876.